The van der Waals surface area contributed by atoms with Crippen molar-refractivity contribution in [2.45, 2.75) is 105 Å². The second-order valence-corrected chi connectivity index (χ2v) is 9.71. The Labute approximate surface area is 197 Å². The van der Waals surface area contributed by atoms with Gasteiger partial charge in [-0.25, -0.2) is 0 Å². The van der Waals surface area contributed by atoms with Crippen molar-refractivity contribution >= 4 is 5.97 Å². The van der Waals surface area contributed by atoms with Crippen LogP contribution in [0.5, 0.6) is 0 Å². The standard InChI is InChI=1S/C29H48O3/c1-5-14-25(29(31)32)18-11-9-7-8-10-12-19-27-24(4)17-13-16-23(3)20-21-28(27)26(22-30)15-6-2/h6,13,15-17,22-23,25,27-28,30H,5,7-12,14,18-21H2,1-4H3,(H,31,32)/b15-6-,16-13-,24-17+,26-22+. The van der Waals surface area contributed by atoms with Crippen LogP contribution in [-0.2, 0) is 4.79 Å². The van der Waals surface area contributed by atoms with Gasteiger partial charge in [-0.3, -0.25) is 4.79 Å². The van der Waals surface area contributed by atoms with Gasteiger partial charge in [-0.1, -0.05) is 94.7 Å². The molecule has 182 valence electrons. The highest BCUT2D eigenvalue weighted by Gasteiger charge is 2.26. The minimum absolute atomic E-state index is 0.155. The maximum atomic E-state index is 11.3. The second-order valence-electron chi connectivity index (χ2n) is 9.71. The first-order valence-corrected chi connectivity index (χ1v) is 13.0. The van der Waals surface area contributed by atoms with Crippen molar-refractivity contribution in [1.29, 1.82) is 0 Å². The van der Waals surface area contributed by atoms with Gasteiger partial charge in [0.15, 0.2) is 0 Å². The van der Waals surface area contributed by atoms with E-state index in [0.717, 1.165) is 56.9 Å². The average Bonchev–Trinajstić information content (AvgIpc) is 2.83. The van der Waals surface area contributed by atoms with Crippen LogP contribution < -0.4 is 0 Å². The number of carbonyl (C=O) groups is 1. The van der Waals surface area contributed by atoms with E-state index in [9.17, 15) is 15.0 Å². The van der Waals surface area contributed by atoms with E-state index < -0.39 is 5.97 Å². The van der Waals surface area contributed by atoms with E-state index in [1.807, 2.05) is 13.0 Å². The van der Waals surface area contributed by atoms with Crippen molar-refractivity contribution in [3.63, 3.8) is 0 Å². The van der Waals surface area contributed by atoms with Crippen LogP contribution >= 0.6 is 0 Å². The van der Waals surface area contributed by atoms with Crippen LogP contribution in [0.3, 0.4) is 0 Å². The Morgan fingerprint density at radius 2 is 1.81 bits per heavy atom. The third-order valence-corrected chi connectivity index (χ3v) is 7.04. The van der Waals surface area contributed by atoms with Crippen LogP contribution in [0.25, 0.3) is 0 Å². The van der Waals surface area contributed by atoms with E-state index in [1.165, 1.54) is 37.5 Å². The molecule has 1 rings (SSSR count). The Hall–Kier alpha value is -1.77. The predicted octanol–water partition coefficient (Wildman–Crippen LogP) is 8.79. The molecule has 0 saturated heterocycles. The number of hydrogen-bond acceptors (Lipinski definition) is 2. The van der Waals surface area contributed by atoms with Gasteiger partial charge in [0, 0.05) is 0 Å². The van der Waals surface area contributed by atoms with Crippen molar-refractivity contribution in [2.75, 3.05) is 0 Å². The third kappa shape index (κ3) is 10.7. The van der Waals surface area contributed by atoms with Crippen LogP contribution in [0, 0.1) is 23.7 Å². The fourth-order valence-electron chi connectivity index (χ4n) is 5.06. The maximum absolute atomic E-state index is 11.3. The number of unbranched alkanes of at least 4 members (excludes halogenated alkanes) is 5. The molecule has 0 heterocycles. The number of rotatable bonds is 14. The fraction of sp³-hybridized carbons (Fsp3) is 0.690. The van der Waals surface area contributed by atoms with Gasteiger partial charge in [0.25, 0.3) is 0 Å². The van der Waals surface area contributed by atoms with E-state index >= 15 is 0 Å². The second kappa shape index (κ2) is 16.8. The summed E-state index contributed by atoms with van der Waals surface area (Å²) < 4.78 is 0. The van der Waals surface area contributed by atoms with Gasteiger partial charge < -0.3 is 10.2 Å². The summed E-state index contributed by atoms with van der Waals surface area (Å²) in [4.78, 5) is 11.3. The molecule has 0 aromatic carbocycles. The highest BCUT2D eigenvalue weighted by atomic mass is 16.4. The molecule has 0 saturated carbocycles. The smallest absolute Gasteiger partial charge is 0.306 e. The Morgan fingerprint density at radius 3 is 2.44 bits per heavy atom. The Kier molecular flexibility index (Phi) is 14.8. The van der Waals surface area contributed by atoms with Crippen molar-refractivity contribution < 1.29 is 15.0 Å². The number of carboxylic acids is 1. The summed E-state index contributed by atoms with van der Waals surface area (Å²) in [5, 5.41) is 19.2. The van der Waals surface area contributed by atoms with Gasteiger partial charge in [0.05, 0.1) is 12.2 Å². The predicted molar refractivity (Wildman–Crippen MR) is 137 cm³/mol. The van der Waals surface area contributed by atoms with Crippen LogP contribution in [0.2, 0.25) is 0 Å². The van der Waals surface area contributed by atoms with E-state index in [-0.39, 0.29) is 5.92 Å². The van der Waals surface area contributed by atoms with Crippen LogP contribution in [0.15, 0.2) is 47.8 Å². The van der Waals surface area contributed by atoms with Gasteiger partial charge >= 0.3 is 5.97 Å². The summed E-state index contributed by atoms with van der Waals surface area (Å²) in [5.41, 5.74) is 2.47. The average molecular weight is 445 g/mol. The molecule has 2 N–H and O–H groups in total. The summed E-state index contributed by atoms with van der Waals surface area (Å²) >= 11 is 0. The lowest BCUT2D eigenvalue weighted by molar-refractivity contribution is -0.142. The number of aliphatic hydroxyl groups is 1. The molecule has 3 nitrogen and oxygen atoms in total. The lowest BCUT2D eigenvalue weighted by Gasteiger charge is -2.29. The Balaban J connectivity index is 2.54. The minimum Gasteiger partial charge on any atom is -0.515 e. The molecule has 3 heteroatoms. The van der Waals surface area contributed by atoms with E-state index in [4.69, 9.17) is 0 Å². The molecule has 32 heavy (non-hydrogen) atoms. The zero-order chi connectivity index (χ0) is 23.8. The van der Waals surface area contributed by atoms with Gasteiger partial charge in [-0.15, -0.1) is 0 Å². The molecule has 0 aromatic rings. The molecule has 4 atom stereocenters. The molecule has 1 aliphatic carbocycles. The molecule has 0 aliphatic heterocycles. The summed E-state index contributed by atoms with van der Waals surface area (Å²) in [6.07, 6.45) is 25.2. The van der Waals surface area contributed by atoms with Crippen molar-refractivity contribution in [1.82, 2.24) is 0 Å². The maximum Gasteiger partial charge on any atom is 0.306 e. The molecule has 0 amide bonds. The molecule has 4 unspecified atom stereocenters. The SMILES string of the molecule is C/C=C\C(=C/O)C1CCC(C)/C=C\C=C(/C)C1CCCCCCCCC(CCC)C(=O)O. The third-order valence-electron chi connectivity index (χ3n) is 7.04. The van der Waals surface area contributed by atoms with Gasteiger partial charge in [0.2, 0.25) is 0 Å². The first-order valence-electron chi connectivity index (χ1n) is 13.0. The number of allylic oxidation sites excluding steroid dienone is 7. The molecule has 0 radical (unpaired) electrons. The number of carboxylic acid groups (broad SMARTS) is 1. The molecule has 1 aliphatic rings. The Bertz CT molecular complexity index is 641. The van der Waals surface area contributed by atoms with Gasteiger partial charge in [-0.05, 0) is 69.3 Å². The van der Waals surface area contributed by atoms with Crippen LogP contribution in [-0.4, -0.2) is 16.2 Å². The van der Waals surface area contributed by atoms with E-state index in [2.05, 4.69) is 45.1 Å². The lowest BCUT2D eigenvalue weighted by Crippen LogP contribution is -2.19. The monoisotopic (exact) mass is 444 g/mol. The number of aliphatic hydroxyl groups excluding tert-OH is 1. The van der Waals surface area contributed by atoms with Crippen molar-refractivity contribution in [3.8, 4) is 0 Å². The van der Waals surface area contributed by atoms with Crippen molar-refractivity contribution in [2.24, 2.45) is 23.7 Å². The molecule has 0 aromatic heterocycles. The first kappa shape index (κ1) is 28.3. The Morgan fingerprint density at radius 1 is 1.12 bits per heavy atom. The molecule has 0 bridgehead atoms. The number of hydrogen-bond donors (Lipinski definition) is 2. The van der Waals surface area contributed by atoms with Crippen molar-refractivity contribution in [3.05, 3.63) is 47.8 Å². The summed E-state index contributed by atoms with van der Waals surface area (Å²) in [6, 6.07) is 0. The number of aliphatic carboxylic acids is 1. The van der Waals surface area contributed by atoms with Gasteiger partial charge in [-0.2, -0.15) is 0 Å². The van der Waals surface area contributed by atoms with Gasteiger partial charge in [0.1, 0.15) is 0 Å². The van der Waals surface area contributed by atoms with Crippen LogP contribution in [0.1, 0.15) is 105 Å². The van der Waals surface area contributed by atoms with Crippen LogP contribution in [0.4, 0.5) is 0 Å². The highest BCUT2D eigenvalue weighted by molar-refractivity contribution is 5.69. The topological polar surface area (TPSA) is 57.5 Å². The minimum atomic E-state index is -0.627. The van der Waals surface area contributed by atoms with E-state index in [1.54, 1.807) is 0 Å². The summed E-state index contributed by atoms with van der Waals surface area (Å²) in [7, 11) is 0. The highest BCUT2D eigenvalue weighted by Crippen LogP contribution is 2.37. The summed E-state index contributed by atoms with van der Waals surface area (Å²) in [6.45, 7) is 8.60. The quantitative estimate of drug-likeness (QED) is 0.160. The largest absolute Gasteiger partial charge is 0.515 e. The molecular weight excluding hydrogens is 396 g/mol. The first-order chi connectivity index (χ1) is 15.4. The normalized spacial score (nSPS) is 26.1. The molecule has 0 fully saturated rings. The zero-order valence-electron chi connectivity index (χ0n) is 21.1. The molecule has 0 spiro atoms. The fourth-order valence-corrected chi connectivity index (χ4v) is 5.06. The lowest BCUT2D eigenvalue weighted by atomic mass is 9.75. The molecular formula is C29H48O3. The summed E-state index contributed by atoms with van der Waals surface area (Å²) in [5.74, 6) is 0.603. The van der Waals surface area contributed by atoms with E-state index in [0.29, 0.717) is 17.8 Å². The zero-order valence-corrected chi connectivity index (χ0v) is 21.1.